The monoisotopic (exact) mass is 179 g/mol. The molecule has 0 atom stereocenters. The lowest BCUT2D eigenvalue weighted by Crippen LogP contribution is -2.33. The van der Waals surface area contributed by atoms with Crippen molar-refractivity contribution < 1.29 is 4.39 Å². The Hall–Kier alpha value is -2.16. The van der Waals surface area contributed by atoms with Crippen LogP contribution in [0, 0.1) is 22.7 Å². The Kier molecular flexibility index (Phi) is 2.40. The number of hydrogen-bond donors (Lipinski definition) is 2. The fourth-order valence-corrected chi connectivity index (χ4v) is 0.757. The second-order valence-electron chi connectivity index (χ2n) is 2.13. The highest BCUT2D eigenvalue weighted by Gasteiger charge is 2.14. The van der Waals surface area contributed by atoms with Crippen molar-refractivity contribution in [2.75, 3.05) is 4.90 Å². The largest absolute Gasteiger partial charge is 0.369 e. The maximum atomic E-state index is 13.0. The van der Waals surface area contributed by atoms with Crippen LogP contribution in [-0.4, -0.2) is 10.9 Å². The van der Waals surface area contributed by atoms with Crippen LogP contribution in [0.5, 0.6) is 0 Å². The molecule has 0 unspecified atom stereocenters. The van der Waals surface area contributed by atoms with Crippen LogP contribution in [-0.2, 0) is 0 Å². The zero-order valence-corrected chi connectivity index (χ0v) is 6.53. The van der Waals surface area contributed by atoms with E-state index in [1.54, 1.807) is 0 Å². The molecule has 0 spiro atoms. The predicted molar refractivity (Wildman–Crippen MR) is 44.2 cm³/mol. The lowest BCUT2D eigenvalue weighted by atomic mass is 10.4. The van der Waals surface area contributed by atoms with Crippen LogP contribution in [0.2, 0.25) is 0 Å². The van der Waals surface area contributed by atoms with E-state index in [2.05, 4.69) is 4.98 Å². The standard InChI is InChI=1S/C7H6FN5/c8-5-2-1-3-12-6(5)13(4-9)7(10)11/h1-3H,(H3,10,11). The summed E-state index contributed by atoms with van der Waals surface area (Å²) in [4.78, 5) is 4.17. The van der Waals surface area contributed by atoms with Crippen molar-refractivity contribution in [3.63, 3.8) is 0 Å². The summed E-state index contributed by atoms with van der Waals surface area (Å²) < 4.78 is 13.0. The summed E-state index contributed by atoms with van der Waals surface area (Å²) in [5, 5.41) is 15.5. The molecule has 1 heterocycles. The molecule has 3 N–H and O–H groups in total. The molecular formula is C7H6FN5. The number of guanidine groups is 1. The van der Waals surface area contributed by atoms with Gasteiger partial charge < -0.3 is 5.73 Å². The Balaban J connectivity index is 3.14. The average molecular weight is 179 g/mol. The molecule has 0 saturated heterocycles. The van der Waals surface area contributed by atoms with E-state index in [1.807, 2.05) is 0 Å². The molecule has 0 saturated carbocycles. The first-order valence-corrected chi connectivity index (χ1v) is 3.31. The Morgan fingerprint density at radius 1 is 1.77 bits per heavy atom. The van der Waals surface area contributed by atoms with Crippen molar-refractivity contribution in [3.05, 3.63) is 24.1 Å². The van der Waals surface area contributed by atoms with Crippen LogP contribution >= 0.6 is 0 Å². The molecule has 5 nitrogen and oxygen atoms in total. The quantitative estimate of drug-likeness (QED) is 0.282. The van der Waals surface area contributed by atoms with E-state index in [-0.39, 0.29) is 5.82 Å². The van der Waals surface area contributed by atoms with E-state index < -0.39 is 11.8 Å². The number of nitriles is 1. The van der Waals surface area contributed by atoms with E-state index in [1.165, 1.54) is 18.5 Å². The zero-order chi connectivity index (χ0) is 9.84. The average Bonchev–Trinajstić information content (AvgIpc) is 2.09. The molecule has 0 amide bonds. The van der Waals surface area contributed by atoms with E-state index in [0.29, 0.717) is 4.90 Å². The number of nitrogens with two attached hydrogens (primary N) is 1. The zero-order valence-electron chi connectivity index (χ0n) is 6.53. The fourth-order valence-electron chi connectivity index (χ4n) is 0.757. The SMILES string of the molecule is N#CN(C(=N)N)c1ncccc1F. The van der Waals surface area contributed by atoms with Gasteiger partial charge in [-0.1, -0.05) is 0 Å². The van der Waals surface area contributed by atoms with E-state index in [0.717, 1.165) is 6.07 Å². The van der Waals surface area contributed by atoms with Crippen LogP contribution in [0.1, 0.15) is 0 Å². The van der Waals surface area contributed by atoms with Crippen molar-refractivity contribution in [2.24, 2.45) is 5.73 Å². The van der Waals surface area contributed by atoms with Crippen molar-refractivity contribution in [2.45, 2.75) is 0 Å². The van der Waals surface area contributed by atoms with Gasteiger partial charge in [-0.15, -0.1) is 0 Å². The smallest absolute Gasteiger partial charge is 0.208 e. The summed E-state index contributed by atoms with van der Waals surface area (Å²) >= 11 is 0. The van der Waals surface area contributed by atoms with Gasteiger partial charge in [0.25, 0.3) is 0 Å². The molecule has 66 valence electrons. The van der Waals surface area contributed by atoms with Gasteiger partial charge in [-0.2, -0.15) is 10.2 Å². The van der Waals surface area contributed by atoms with Gasteiger partial charge in [-0.25, -0.2) is 9.37 Å². The summed E-state index contributed by atoms with van der Waals surface area (Å²) in [6.07, 6.45) is 2.85. The van der Waals surface area contributed by atoms with Gasteiger partial charge in [-0.3, -0.25) is 5.41 Å². The number of rotatable bonds is 1. The highest BCUT2D eigenvalue weighted by Crippen LogP contribution is 2.13. The minimum absolute atomic E-state index is 0.266. The summed E-state index contributed by atoms with van der Waals surface area (Å²) in [7, 11) is 0. The molecule has 13 heavy (non-hydrogen) atoms. The van der Waals surface area contributed by atoms with Gasteiger partial charge in [0.15, 0.2) is 17.8 Å². The number of anilines is 1. The van der Waals surface area contributed by atoms with Crippen LogP contribution in [0.15, 0.2) is 18.3 Å². The van der Waals surface area contributed by atoms with Gasteiger partial charge in [0.2, 0.25) is 5.96 Å². The van der Waals surface area contributed by atoms with Crippen LogP contribution in [0.4, 0.5) is 10.2 Å². The van der Waals surface area contributed by atoms with E-state index >= 15 is 0 Å². The van der Waals surface area contributed by atoms with Gasteiger partial charge >= 0.3 is 0 Å². The van der Waals surface area contributed by atoms with E-state index in [4.69, 9.17) is 16.4 Å². The minimum atomic E-state index is -0.695. The molecule has 1 aromatic heterocycles. The Bertz CT molecular complexity index is 369. The fraction of sp³-hybridized carbons (Fsp3) is 0. The first kappa shape index (κ1) is 8.93. The minimum Gasteiger partial charge on any atom is -0.369 e. The topological polar surface area (TPSA) is 89.8 Å². The van der Waals surface area contributed by atoms with Crippen molar-refractivity contribution in [3.8, 4) is 6.19 Å². The second kappa shape index (κ2) is 3.49. The summed E-state index contributed by atoms with van der Waals surface area (Å²) in [6.45, 7) is 0. The van der Waals surface area contributed by atoms with Crippen molar-refractivity contribution in [1.29, 1.82) is 10.7 Å². The second-order valence-corrected chi connectivity index (χ2v) is 2.13. The predicted octanol–water partition coefficient (Wildman–Crippen LogP) is 0.402. The maximum absolute atomic E-state index is 13.0. The lowest BCUT2D eigenvalue weighted by molar-refractivity contribution is 0.623. The molecular weight excluding hydrogens is 173 g/mol. The number of aromatic nitrogens is 1. The first-order valence-electron chi connectivity index (χ1n) is 3.31. The number of hydrogen-bond acceptors (Lipinski definition) is 3. The summed E-state index contributed by atoms with van der Waals surface area (Å²) in [5.41, 5.74) is 5.03. The Labute approximate surface area is 73.7 Å². The molecule has 0 aromatic carbocycles. The van der Waals surface area contributed by atoms with Crippen LogP contribution < -0.4 is 10.6 Å². The Morgan fingerprint density at radius 3 is 2.92 bits per heavy atom. The van der Waals surface area contributed by atoms with Crippen molar-refractivity contribution >= 4 is 11.8 Å². The van der Waals surface area contributed by atoms with Gasteiger partial charge in [0, 0.05) is 6.20 Å². The highest BCUT2D eigenvalue weighted by molar-refractivity contribution is 5.94. The molecule has 0 fully saturated rings. The van der Waals surface area contributed by atoms with Crippen molar-refractivity contribution in [1.82, 2.24) is 4.98 Å². The van der Waals surface area contributed by atoms with Gasteiger partial charge in [0.05, 0.1) is 0 Å². The lowest BCUT2D eigenvalue weighted by Gasteiger charge is -2.11. The van der Waals surface area contributed by atoms with Gasteiger partial charge in [0.1, 0.15) is 0 Å². The maximum Gasteiger partial charge on any atom is 0.208 e. The molecule has 0 radical (unpaired) electrons. The number of nitrogens with zero attached hydrogens (tertiary/aromatic N) is 3. The third-order valence-electron chi connectivity index (χ3n) is 1.29. The summed E-state index contributed by atoms with van der Waals surface area (Å²) in [5.74, 6) is -1.53. The van der Waals surface area contributed by atoms with E-state index in [9.17, 15) is 4.39 Å². The first-order chi connectivity index (χ1) is 6.16. The Morgan fingerprint density at radius 2 is 2.46 bits per heavy atom. The molecule has 0 aliphatic carbocycles. The summed E-state index contributed by atoms with van der Waals surface area (Å²) in [6, 6.07) is 2.52. The normalized spacial score (nSPS) is 8.92. The number of pyridine rings is 1. The molecule has 1 rings (SSSR count). The highest BCUT2D eigenvalue weighted by atomic mass is 19.1. The molecule has 6 heteroatoms. The third kappa shape index (κ3) is 1.70. The molecule has 0 aliphatic heterocycles. The number of nitrogens with one attached hydrogen (secondary N) is 1. The van der Waals surface area contributed by atoms with Crippen LogP contribution in [0.25, 0.3) is 0 Å². The molecule has 1 aromatic rings. The van der Waals surface area contributed by atoms with Gasteiger partial charge in [-0.05, 0) is 12.1 Å². The molecule has 0 bridgehead atoms. The third-order valence-corrected chi connectivity index (χ3v) is 1.29. The molecule has 0 aliphatic rings. The van der Waals surface area contributed by atoms with Crippen LogP contribution in [0.3, 0.4) is 0 Å². The number of halogens is 1.